The van der Waals surface area contributed by atoms with Crippen LogP contribution in [0.15, 0.2) is 72.1 Å². The molecule has 29 heavy (non-hydrogen) atoms. The Kier molecular flexibility index (Phi) is 5.17. The third kappa shape index (κ3) is 4.05. The molecule has 2 aliphatic heterocycles. The molecule has 1 unspecified atom stereocenters. The van der Waals surface area contributed by atoms with Crippen LogP contribution in [-0.2, 0) is 4.79 Å². The molecule has 0 spiro atoms. The summed E-state index contributed by atoms with van der Waals surface area (Å²) in [6.45, 7) is 0. The number of halogens is 3. The van der Waals surface area contributed by atoms with Crippen molar-refractivity contribution < 1.29 is 13.8 Å². The van der Waals surface area contributed by atoms with Gasteiger partial charge in [0.05, 0.1) is 16.8 Å². The summed E-state index contributed by atoms with van der Waals surface area (Å²) in [5.41, 5.74) is 4.73. The summed E-state index contributed by atoms with van der Waals surface area (Å²) in [6.07, 6.45) is 7.76. The molecule has 2 heterocycles. The number of rotatable bonds is 4. The first-order chi connectivity index (χ1) is 13.8. The predicted molar refractivity (Wildman–Crippen MR) is 113 cm³/mol. The number of hydrogen-bond acceptors (Lipinski definition) is 3. The van der Waals surface area contributed by atoms with Gasteiger partial charge in [-0.25, -0.2) is 4.39 Å². The number of quaternary nitrogens is 1. The number of nitrogens with one attached hydrogen (secondary N) is 1. The van der Waals surface area contributed by atoms with E-state index in [2.05, 4.69) is 10.5 Å². The summed E-state index contributed by atoms with van der Waals surface area (Å²) in [5, 5.41) is 7.17. The van der Waals surface area contributed by atoms with Crippen molar-refractivity contribution in [3.05, 3.63) is 88.4 Å². The molecule has 5 nitrogen and oxygen atoms in total. The van der Waals surface area contributed by atoms with Gasteiger partial charge in [-0.1, -0.05) is 35.3 Å². The first kappa shape index (κ1) is 19.6. The van der Waals surface area contributed by atoms with Gasteiger partial charge in [-0.2, -0.15) is 15.1 Å². The number of nitrogens with zero attached hydrogens (tertiary/aromatic N) is 3. The molecular formula is C21H18Cl2FN4O+. The van der Waals surface area contributed by atoms with E-state index in [-0.39, 0.29) is 22.4 Å². The van der Waals surface area contributed by atoms with E-state index in [1.54, 1.807) is 35.3 Å². The zero-order chi connectivity index (χ0) is 20.6. The lowest BCUT2D eigenvalue weighted by Gasteiger charge is -2.25. The fourth-order valence-corrected chi connectivity index (χ4v) is 3.84. The molecule has 148 valence electrons. The van der Waals surface area contributed by atoms with Gasteiger partial charge in [0.2, 0.25) is 0 Å². The van der Waals surface area contributed by atoms with Crippen molar-refractivity contribution >= 4 is 40.5 Å². The summed E-state index contributed by atoms with van der Waals surface area (Å²) in [4.78, 5) is 12.9. The van der Waals surface area contributed by atoms with Gasteiger partial charge in [0.1, 0.15) is 31.0 Å². The Balaban J connectivity index is 1.68. The highest BCUT2D eigenvalue weighted by Crippen LogP contribution is 2.39. The Morgan fingerprint density at radius 2 is 1.86 bits per heavy atom. The van der Waals surface area contributed by atoms with E-state index in [1.165, 1.54) is 12.1 Å². The largest absolute Gasteiger partial charge is 0.312 e. The lowest BCUT2D eigenvalue weighted by Crippen LogP contribution is -2.50. The first-order valence-electron chi connectivity index (χ1n) is 8.97. The van der Waals surface area contributed by atoms with Crippen LogP contribution in [0.1, 0.15) is 18.0 Å². The number of carbonyl (C=O) groups excluding carboxylic acids is 1. The summed E-state index contributed by atoms with van der Waals surface area (Å²) in [5.74, 6) is -0.616. The minimum absolute atomic E-state index is 0.154. The monoisotopic (exact) mass is 431 g/mol. The van der Waals surface area contributed by atoms with Crippen LogP contribution < -0.4 is 10.4 Å². The number of hydrogen-bond donors (Lipinski definition) is 1. The molecule has 2 aliphatic rings. The van der Waals surface area contributed by atoms with E-state index in [1.807, 2.05) is 31.6 Å². The molecule has 8 heteroatoms. The zero-order valence-corrected chi connectivity index (χ0v) is 17.0. The SMILES string of the molecule is C[N+]1(NC(=O)C2=NN(c3ccc(Cl)cc3Cl)C(c3ccc(F)cc3)C2)C=CC=C1. The number of hydrazone groups is 1. The van der Waals surface area contributed by atoms with Gasteiger partial charge in [0, 0.05) is 11.4 Å². The molecule has 1 N–H and O–H groups in total. The van der Waals surface area contributed by atoms with E-state index < -0.39 is 0 Å². The second-order valence-corrected chi connectivity index (χ2v) is 7.87. The molecule has 4 rings (SSSR count). The van der Waals surface area contributed by atoms with Crippen LogP contribution in [0.4, 0.5) is 10.1 Å². The van der Waals surface area contributed by atoms with Crippen LogP contribution >= 0.6 is 23.2 Å². The van der Waals surface area contributed by atoms with E-state index in [0.29, 0.717) is 27.9 Å². The van der Waals surface area contributed by atoms with Gasteiger partial charge < -0.3 is 0 Å². The van der Waals surface area contributed by atoms with Crippen LogP contribution in [0.5, 0.6) is 0 Å². The van der Waals surface area contributed by atoms with Crippen LogP contribution in [-0.4, -0.2) is 23.3 Å². The predicted octanol–water partition coefficient (Wildman–Crippen LogP) is 4.96. The maximum absolute atomic E-state index is 13.4. The molecule has 1 amide bonds. The molecular weight excluding hydrogens is 414 g/mol. The van der Waals surface area contributed by atoms with Crippen LogP contribution in [0.3, 0.4) is 0 Å². The highest BCUT2D eigenvalue weighted by atomic mass is 35.5. The highest BCUT2D eigenvalue weighted by molar-refractivity contribution is 6.40. The Morgan fingerprint density at radius 3 is 2.52 bits per heavy atom. The molecule has 0 saturated carbocycles. The fourth-order valence-electron chi connectivity index (χ4n) is 3.35. The first-order valence-corrected chi connectivity index (χ1v) is 9.73. The second-order valence-electron chi connectivity index (χ2n) is 7.03. The maximum atomic E-state index is 13.4. The lowest BCUT2D eigenvalue weighted by molar-refractivity contribution is -0.841. The van der Waals surface area contributed by atoms with Crippen LogP contribution in [0, 0.1) is 5.82 Å². The molecule has 0 fully saturated rings. The quantitative estimate of drug-likeness (QED) is 0.695. The highest BCUT2D eigenvalue weighted by Gasteiger charge is 2.35. The van der Waals surface area contributed by atoms with Gasteiger partial charge in [0.25, 0.3) is 0 Å². The van der Waals surface area contributed by atoms with Crippen molar-refractivity contribution in [2.24, 2.45) is 5.10 Å². The lowest BCUT2D eigenvalue weighted by atomic mass is 10.0. The zero-order valence-electron chi connectivity index (χ0n) is 15.5. The summed E-state index contributed by atoms with van der Waals surface area (Å²) >= 11 is 12.4. The van der Waals surface area contributed by atoms with Crippen molar-refractivity contribution in [3.63, 3.8) is 0 Å². The Bertz CT molecular complexity index is 1040. The second kappa shape index (κ2) is 7.63. The molecule has 0 aromatic heterocycles. The van der Waals surface area contributed by atoms with Gasteiger partial charge in [-0.05, 0) is 48.0 Å². The normalized spacial score (nSPS) is 19.5. The summed E-state index contributed by atoms with van der Waals surface area (Å²) in [7, 11) is 1.85. The number of anilines is 1. The molecule has 0 bridgehead atoms. The average molecular weight is 432 g/mol. The molecule has 0 aliphatic carbocycles. The van der Waals surface area contributed by atoms with Crippen LogP contribution in [0.25, 0.3) is 0 Å². The Morgan fingerprint density at radius 1 is 1.17 bits per heavy atom. The van der Waals surface area contributed by atoms with Crippen LogP contribution in [0.2, 0.25) is 10.0 Å². The minimum atomic E-state index is -0.327. The Hall–Kier alpha value is -2.67. The number of amides is 1. The topological polar surface area (TPSA) is 44.7 Å². The standard InChI is InChI=1S/C21H17Cl2FN4O/c1-28(10-2-3-11-28)26-21(29)18-13-20(14-4-7-16(24)8-5-14)27(25-18)19-9-6-15(22)12-17(19)23/h2-12,20H,13H2,1H3/p+1. The third-order valence-electron chi connectivity index (χ3n) is 4.83. The van der Waals surface area contributed by atoms with Gasteiger partial charge >= 0.3 is 5.91 Å². The molecule has 1 atom stereocenters. The number of carbonyl (C=O) groups is 1. The van der Waals surface area contributed by atoms with Gasteiger partial charge in [-0.3, -0.25) is 9.80 Å². The summed E-state index contributed by atoms with van der Waals surface area (Å²) < 4.78 is 13.6. The smallest absolute Gasteiger partial charge is 0.263 e. The number of allylic oxidation sites excluding steroid dienone is 2. The van der Waals surface area contributed by atoms with Gasteiger partial charge in [0.15, 0.2) is 0 Å². The molecule has 0 saturated heterocycles. The molecule has 2 aromatic rings. The van der Waals surface area contributed by atoms with Crippen molar-refractivity contribution in [1.29, 1.82) is 0 Å². The fraction of sp³-hybridized carbons (Fsp3) is 0.143. The number of benzene rings is 2. The van der Waals surface area contributed by atoms with Gasteiger partial charge in [-0.15, -0.1) is 0 Å². The van der Waals surface area contributed by atoms with E-state index >= 15 is 0 Å². The summed E-state index contributed by atoms with van der Waals surface area (Å²) in [6, 6.07) is 10.9. The third-order valence-corrected chi connectivity index (χ3v) is 5.37. The Labute approximate surface area is 177 Å². The maximum Gasteiger partial charge on any atom is 0.312 e. The average Bonchev–Trinajstić information content (AvgIpc) is 3.29. The molecule has 0 radical (unpaired) electrons. The van der Waals surface area contributed by atoms with Crippen molar-refractivity contribution in [3.8, 4) is 0 Å². The van der Waals surface area contributed by atoms with Crippen molar-refractivity contribution in [2.75, 3.05) is 12.1 Å². The van der Waals surface area contributed by atoms with E-state index in [9.17, 15) is 9.18 Å². The van der Waals surface area contributed by atoms with E-state index in [4.69, 9.17) is 23.2 Å². The van der Waals surface area contributed by atoms with Crippen molar-refractivity contribution in [2.45, 2.75) is 12.5 Å². The van der Waals surface area contributed by atoms with Crippen molar-refractivity contribution in [1.82, 2.24) is 5.43 Å². The minimum Gasteiger partial charge on any atom is -0.263 e. The molecule has 2 aromatic carbocycles. The van der Waals surface area contributed by atoms with E-state index in [0.717, 1.165) is 5.56 Å².